The van der Waals surface area contributed by atoms with Crippen molar-refractivity contribution in [2.45, 2.75) is 13.0 Å². The Labute approximate surface area is 152 Å². The molecule has 0 saturated heterocycles. The van der Waals surface area contributed by atoms with E-state index in [2.05, 4.69) is 5.32 Å². The molecule has 1 unspecified atom stereocenters. The van der Waals surface area contributed by atoms with Crippen LogP contribution in [-0.4, -0.2) is 33.7 Å². The highest BCUT2D eigenvalue weighted by molar-refractivity contribution is 7.92. The second-order valence-corrected chi connectivity index (χ2v) is 7.68. The van der Waals surface area contributed by atoms with Crippen molar-refractivity contribution in [1.82, 2.24) is 0 Å². The van der Waals surface area contributed by atoms with Crippen molar-refractivity contribution in [2.24, 2.45) is 0 Å². The molecule has 0 radical (unpaired) electrons. The molecule has 0 bridgehead atoms. The largest absolute Gasteiger partial charge is 0.495 e. The molecule has 2 rings (SSSR count). The number of halogens is 1. The fourth-order valence-corrected chi connectivity index (χ4v) is 3.81. The van der Waals surface area contributed by atoms with Crippen molar-refractivity contribution >= 4 is 38.9 Å². The lowest BCUT2D eigenvalue weighted by molar-refractivity contribution is -0.116. The highest BCUT2D eigenvalue weighted by Crippen LogP contribution is 2.28. The highest BCUT2D eigenvalue weighted by atomic mass is 35.5. The molecule has 0 heterocycles. The standard InChI is InChI=1S/C17H19ClN2O4S/c1-12(20(25(3,22)23)14-7-5-4-6-8-14)17(21)19-13-9-10-16(24-2)15(18)11-13/h4-12H,1-3H3,(H,19,21). The average molecular weight is 383 g/mol. The molecule has 1 atom stereocenters. The third-order valence-corrected chi connectivity index (χ3v) is 5.06. The number of para-hydroxylation sites is 1. The lowest BCUT2D eigenvalue weighted by atomic mass is 10.2. The maximum atomic E-state index is 12.5. The summed E-state index contributed by atoms with van der Waals surface area (Å²) in [6.07, 6.45) is 1.06. The SMILES string of the molecule is COc1ccc(NC(=O)C(C)N(c2ccccc2)S(C)(=O)=O)cc1Cl. The van der Waals surface area contributed by atoms with Gasteiger partial charge in [-0.2, -0.15) is 0 Å². The number of nitrogens with one attached hydrogen (secondary N) is 1. The van der Waals surface area contributed by atoms with Gasteiger partial charge in [-0.1, -0.05) is 29.8 Å². The van der Waals surface area contributed by atoms with E-state index in [9.17, 15) is 13.2 Å². The van der Waals surface area contributed by atoms with E-state index in [0.717, 1.165) is 10.6 Å². The van der Waals surface area contributed by atoms with Crippen LogP contribution in [0.1, 0.15) is 6.92 Å². The lowest BCUT2D eigenvalue weighted by Gasteiger charge is -2.28. The predicted molar refractivity (Wildman–Crippen MR) is 99.9 cm³/mol. The van der Waals surface area contributed by atoms with Gasteiger partial charge in [0.25, 0.3) is 0 Å². The first-order valence-corrected chi connectivity index (χ1v) is 9.65. The molecule has 134 valence electrons. The zero-order valence-electron chi connectivity index (χ0n) is 14.1. The van der Waals surface area contributed by atoms with Crippen molar-refractivity contribution in [2.75, 3.05) is 23.0 Å². The van der Waals surface area contributed by atoms with Gasteiger partial charge in [-0.25, -0.2) is 8.42 Å². The summed E-state index contributed by atoms with van der Waals surface area (Å²) in [7, 11) is -2.16. The Kier molecular flexibility index (Phi) is 5.92. The molecule has 0 aliphatic rings. The van der Waals surface area contributed by atoms with Gasteiger partial charge in [-0.3, -0.25) is 9.10 Å². The summed E-state index contributed by atoms with van der Waals surface area (Å²) in [5.41, 5.74) is 0.865. The number of sulfonamides is 1. The normalized spacial score (nSPS) is 12.3. The molecule has 0 aromatic heterocycles. The van der Waals surface area contributed by atoms with Gasteiger partial charge >= 0.3 is 0 Å². The fraction of sp³-hybridized carbons (Fsp3) is 0.235. The number of methoxy groups -OCH3 is 1. The summed E-state index contributed by atoms with van der Waals surface area (Å²) < 4.78 is 30.5. The van der Waals surface area contributed by atoms with Gasteiger partial charge in [-0.05, 0) is 37.3 Å². The number of hydrogen-bond donors (Lipinski definition) is 1. The first kappa shape index (κ1) is 19.1. The van der Waals surface area contributed by atoms with Crippen molar-refractivity contribution in [3.05, 3.63) is 53.6 Å². The van der Waals surface area contributed by atoms with E-state index in [1.807, 2.05) is 0 Å². The Hall–Kier alpha value is -2.25. The molecule has 0 spiro atoms. The maximum absolute atomic E-state index is 12.5. The first-order valence-electron chi connectivity index (χ1n) is 7.43. The predicted octanol–water partition coefficient (Wildman–Crippen LogP) is 3.14. The quantitative estimate of drug-likeness (QED) is 0.832. The van der Waals surface area contributed by atoms with Gasteiger partial charge in [0.15, 0.2) is 0 Å². The Morgan fingerprint density at radius 3 is 2.36 bits per heavy atom. The minimum absolute atomic E-state index is 0.344. The molecule has 1 N–H and O–H groups in total. The number of carbonyl (C=O) groups is 1. The third kappa shape index (κ3) is 4.64. The summed E-state index contributed by atoms with van der Waals surface area (Å²) >= 11 is 6.04. The van der Waals surface area contributed by atoms with Crippen molar-refractivity contribution in [3.8, 4) is 5.75 Å². The molecule has 6 nitrogen and oxygen atoms in total. The summed E-state index contributed by atoms with van der Waals surface area (Å²) in [4.78, 5) is 12.5. The fourth-order valence-electron chi connectivity index (χ4n) is 2.37. The number of rotatable bonds is 6. The molecule has 0 saturated carbocycles. The van der Waals surface area contributed by atoms with Crippen LogP contribution in [0.25, 0.3) is 0 Å². The smallest absolute Gasteiger partial charge is 0.247 e. The molecule has 0 aliphatic carbocycles. The van der Waals surface area contributed by atoms with Crippen LogP contribution in [0, 0.1) is 0 Å². The number of amides is 1. The van der Waals surface area contributed by atoms with Crippen LogP contribution in [0.5, 0.6) is 5.75 Å². The number of hydrogen-bond acceptors (Lipinski definition) is 4. The zero-order chi connectivity index (χ0) is 18.6. The second-order valence-electron chi connectivity index (χ2n) is 5.41. The molecule has 0 aliphatic heterocycles. The maximum Gasteiger partial charge on any atom is 0.247 e. The van der Waals surface area contributed by atoms with E-state index in [4.69, 9.17) is 16.3 Å². The van der Waals surface area contributed by atoms with Gasteiger partial charge in [0.2, 0.25) is 15.9 Å². The molecule has 2 aromatic rings. The topological polar surface area (TPSA) is 75.7 Å². The van der Waals surface area contributed by atoms with E-state index >= 15 is 0 Å². The number of anilines is 2. The molecule has 25 heavy (non-hydrogen) atoms. The average Bonchev–Trinajstić information content (AvgIpc) is 2.54. The van der Waals surface area contributed by atoms with E-state index in [0.29, 0.717) is 22.1 Å². The van der Waals surface area contributed by atoms with E-state index < -0.39 is 22.0 Å². The number of ether oxygens (including phenoxy) is 1. The summed E-state index contributed by atoms with van der Waals surface area (Å²) in [5.74, 6) is 0.00488. The Morgan fingerprint density at radius 2 is 1.84 bits per heavy atom. The van der Waals surface area contributed by atoms with Crippen molar-refractivity contribution in [1.29, 1.82) is 0 Å². The summed E-state index contributed by atoms with van der Waals surface area (Å²) in [5, 5.41) is 3.01. The van der Waals surface area contributed by atoms with Gasteiger partial charge in [0.1, 0.15) is 11.8 Å². The molecular weight excluding hydrogens is 364 g/mol. The lowest BCUT2D eigenvalue weighted by Crippen LogP contribution is -2.45. The summed E-state index contributed by atoms with van der Waals surface area (Å²) in [6.45, 7) is 1.52. The van der Waals surface area contributed by atoms with Crippen LogP contribution >= 0.6 is 11.6 Å². The Morgan fingerprint density at radius 1 is 1.20 bits per heavy atom. The van der Waals surface area contributed by atoms with Crippen LogP contribution < -0.4 is 14.4 Å². The molecule has 1 amide bonds. The number of carbonyl (C=O) groups excluding carboxylic acids is 1. The highest BCUT2D eigenvalue weighted by Gasteiger charge is 2.29. The number of nitrogens with zero attached hydrogens (tertiary/aromatic N) is 1. The molecule has 0 fully saturated rings. The van der Waals surface area contributed by atoms with Crippen molar-refractivity contribution in [3.63, 3.8) is 0 Å². The van der Waals surface area contributed by atoms with Crippen LogP contribution in [-0.2, 0) is 14.8 Å². The van der Waals surface area contributed by atoms with Crippen LogP contribution in [0.4, 0.5) is 11.4 Å². The second kappa shape index (κ2) is 7.76. The number of benzene rings is 2. The zero-order valence-corrected chi connectivity index (χ0v) is 15.6. The minimum Gasteiger partial charge on any atom is -0.495 e. The summed E-state index contributed by atoms with van der Waals surface area (Å²) in [6, 6.07) is 12.3. The first-order chi connectivity index (χ1) is 11.7. The van der Waals surface area contributed by atoms with Gasteiger partial charge in [-0.15, -0.1) is 0 Å². The van der Waals surface area contributed by atoms with E-state index in [1.54, 1.807) is 42.5 Å². The van der Waals surface area contributed by atoms with Crippen LogP contribution in [0.15, 0.2) is 48.5 Å². The monoisotopic (exact) mass is 382 g/mol. The van der Waals surface area contributed by atoms with E-state index in [-0.39, 0.29) is 0 Å². The van der Waals surface area contributed by atoms with Crippen molar-refractivity contribution < 1.29 is 17.9 Å². The molecular formula is C17H19ClN2O4S. The van der Waals surface area contributed by atoms with Crippen LogP contribution in [0.3, 0.4) is 0 Å². The molecule has 2 aromatic carbocycles. The van der Waals surface area contributed by atoms with Gasteiger partial charge in [0.05, 0.1) is 24.1 Å². The van der Waals surface area contributed by atoms with E-state index in [1.165, 1.54) is 20.1 Å². The Bertz CT molecular complexity index is 856. The Balaban J connectivity index is 2.26. The third-order valence-electron chi connectivity index (χ3n) is 3.52. The van der Waals surface area contributed by atoms with Crippen LogP contribution in [0.2, 0.25) is 5.02 Å². The van der Waals surface area contributed by atoms with Gasteiger partial charge in [0, 0.05) is 5.69 Å². The van der Waals surface area contributed by atoms with Gasteiger partial charge < -0.3 is 10.1 Å². The molecule has 8 heteroatoms. The minimum atomic E-state index is -3.65.